The Morgan fingerprint density at radius 2 is 2.27 bits per heavy atom. The monoisotopic (exact) mass is 159 g/mol. The lowest BCUT2D eigenvalue weighted by atomic mass is 10.4. The van der Waals surface area contributed by atoms with E-state index in [0.717, 1.165) is 13.1 Å². The molecule has 66 valence electrons. The summed E-state index contributed by atoms with van der Waals surface area (Å²) in [6, 6.07) is 0. The lowest BCUT2D eigenvalue weighted by molar-refractivity contribution is 0.159. The number of hydrogen-bond donors (Lipinski definition) is 2. The standard InChI is InChI=1S/C7H17N3O/c1-3-10(4-5-11-2)6-7(8)9/h3-6H2,1-2H3,(H3,8,9). The average Bonchev–Trinajstić information content (AvgIpc) is 1.97. The minimum absolute atomic E-state index is 0.211. The van der Waals surface area contributed by atoms with E-state index < -0.39 is 0 Å². The Morgan fingerprint density at radius 3 is 2.64 bits per heavy atom. The number of nitrogens with one attached hydrogen (secondary N) is 1. The molecule has 4 heteroatoms. The summed E-state index contributed by atoms with van der Waals surface area (Å²) in [6.07, 6.45) is 0. The lowest BCUT2D eigenvalue weighted by Gasteiger charge is -2.18. The predicted octanol–water partition coefficient (Wildman–Crippen LogP) is -0.109. The van der Waals surface area contributed by atoms with Crippen LogP contribution < -0.4 is 5.73 Å². The van der Waals surface area contributed by atoms with Crippen molar-refractivity contribution < 1.29 is 4.74 Å². The molecule has 0 amide bonds. The first kappa shape index (κ1) is 10.4. The number of likely N-dealkylation sites (N-methyl/N-ethyl adjacent to an activating group) is 1. The minimum atomic E-state index is 0.211. The highest BCUT2D eigenvalue weighted by Gasteiger charge is 2.01. The van der Waals surface area contributed by atoms with Gasteiger partial charge < -0.3 is 10.5 Å². The molecule has 11 heavy (non-hydrogen) atoms. The fourth-order valence-corrected chi connectivity index (χ4v) is 0.810. The third-order valence-electron chi connectivity index (χ3n) is 1.45. The number of hydrogen-bond acceptors (Lipinski definition) is 3. The fourth-order valence-electron chi connectivity index (χ4n) is 0.810. The SMILES string of the molecule is CCN(CCOC)CC(=N)N. The Balaban J connectivity index is 3.49. The first-order valence-electron chi connectivity index (χ1n) is 3.74. The van der Waals surface area contributed by atoms with E-state index in [9.17, 15) is 0 Å². The first-order valence-corrected chi connectivity index (χ1v) is 3.74. The van der Waals surface area contributed by atoms with Gasteiger partial charge in [-0.3, -0.25) is 10.3 Å². The molecule has 0 atom stereocenters. The third kappa shape index (κ3) is 5.82. The highest BCUT2D eigenvalue weighted by Crippen LogP contribution is 1.85. The van der Waals surface area contributed by atoms with E-state index in [1.165, 1.54) is 0 Å². The van der Waals surface area contributed by atoms with Gasteiger partial charge in [0.15, 0.2) is 0 Å². The molecule has 0 radical (unpaired) electrons. The van der Waals surface area contributed by atoms with Gasteiger partial charge in [0, 0.05) is 13.7 Å². The van der Waals surface area contributed by atoms with Crippen molar-refractivity contribution >= 4 is 5.84 Å². The van der Waals surface area contributed by atoms with Gasteiger partial charge in [0.05, 0.1) is 13.2 Å². The molecule has 4 nitrogen and oxygen atoms in total. The van der Waals surface area contributed by atoms with Gasteiger partial charge >= 0.3 is 0 Å². The van der Waals surface area contributed by atoms with Crippen molar-refractivity contribution in [3.8, 4) is 0 Å². The highest BCUT2D eigenvalue weighted by atomic mass is 16.5. The molecular formula is C7H17N3O. The Bertz CT molecular complexity index is 116. The van der Waals surface area contributed by atoms with E-state index in [1.807, 2.05) is 6.92 Å². The maximum atomic E-state index is 7.06. The van der Waals surface area contributed by atoms with Crippen LogP contribution in [0.25, 0.3) is 0 Å². The summed E-state index contributed by atoms with van der Waals surface area (Å²) in [6.45, 7) is 5.02. The van der Waals surface area contributed by atoms with E-state index in [4.69, 9.17) is 15.9 Å². The molecule has 0 saturated heterocycles. The van der Waals surface area contributed by atoms with Crippen molar-refractivity contribution in [1.29, 1.82) is 5.41 Å². The largest absolute Gasteiger partial charge is 0.387 e. The van der Waals surface area contributed by atoms with E-state index in [-0.39, 0.29) is 5.84 Å². The lowest BCUT2D eigenvalue weighted by Crippen LogP contribution is -2.35. The molecule has 0 saturated carbocycles. The molecule has 3 N–H and O–H groups in total. The van der Waals surface area contributed by atoms with Crippen LogP contribution in [0.2, 0.25) is 0 Å². The Morgan fingerprint density at radius 1 is 1.64 bits per heavy atom. The summed E-state index contributed by atoms with van der Waals surface area (Å²) in [5.41, 5.74) is 5.24. The summed E-state index contributed by atoms with van der Waals surface area (Å²) in [5, 5.41) is 7.06. The van der Waals surface area contributed by atoms with Crippen LogP contribution in [-0.2, 0) is 4.74 Å². The van der Waals surface area contributed by atoms with Gasteiger partial charge in [-0.15, -0.1) is 0 Å². The summed E-state index contributed by atoms with van der Waals surface area (Å²) in [4.78, 5) is 2.06. The summed E-state index contributed by atoms with van der Waals surface area (Å²) < 4.78 is 4.90. The number of amidine groups is 1. The molecule has 0 unspecified atom stereocenters. The molecule has 0 aliphatic carbocycles. The molecule has 0 bridgehead atoms. The van der Waals surface area contributed by atoms with Crippen molar-refractivity contribution in [2.45, 2.75) is 6.92 Å². The molecule has 0 aromatic heterocycles. The molecule has 0 aliphatic rings. The van der Waals surface area contributed by atoms with Crippen LogP contribution in [0.5, 0.6) is 0 Å². The van der Waals surface area contributed by atoms with Crippen LogP contribution in [0.4, 0.5) is 0 Å². The second kappa shape index (κ2) is 6.12. The zero-order valence-corrected chi connectivity index (χ0v) is 7.26. The minimum Gasteiger partial charge on any atom is -0.387 e. The number of rotatable bonds is 6. The Hall–Kier alpha value is -0.610. The molecule has 0 aromatic carbocycles. The van der Waals surface area contributed by atoms with Gasteiger partial charge in [-0.25, -0.2) is 0 Å². The zero-order valence-electron chi connectivity index (χ0n) is 7.26. The summed E-state index contributed by atoms with van der Waals surface area (Å²) in [5.74, 6) is 0.211. The maximum absolute atomic E-state index is 7.06. The normalized spacial score (nSPS) is 10.5. The van der Waals surface area contributed by atoms with Crippen molar-refractivity contribution in [3.05, 3.63) is 0 Å². The quantitative estimate of drug-likeness (QED) is 0.420. The second-order valence-corrected chi connectivity index (χ2v) is 2.39. The molecular weight excluding hydrogens is 142 g/mol. The van der Waals surface area contributed by atoms with Gasteiger partial charge in [0.1, 0.15) is 5.84 Å². The maximum Gasteiger partial charge on any atom is 0.105 e. The van der Waals surface area contributed by atoms with Crippen LogP contribution in [0.15, 0.2) is 0 Å². The molecule has 0 spiro atoms. The van der Waals surface area contributed by atoms with E-state index in [2.05, 4.69) is 4.90 Å². The Kier molecular flexibility index (Phi) is 5.78. The summed E-state index contributed by atoms with van der Waals surface area (Å²) in [7, 11) is 1.67. The molecule has 0 rings (SSSR count). The third-order valence-corrected chi connectivity index (χ3v) is 1.45. The van der Waals surface area contributed by atoms with Gasteiger partial charge in [-0.05, 0) is 6.54 Å². The van der Waals surface area contributed by atoms with Crippen molar-refractivity contribution in [1.82, 2.24) is 4.90 Å². The van der Waals surface area contributed by atoms with Crippen LogP contribution in [0, 0.1) is 5.41 Å². The van der Waals surface area contributed by atoms with E-state index in [1.54, 1.807) is 7.11 Å². The second-order valence-electron chi connectivity index (χ2n) is 2.39. The topological polar surface area (TPSA) is 62.3 Å². The van der Waals surface area contributed by atoms with Crippen LogP contribution in [-0.4, -0.2) is 44.1 Å². The van der Waals surface area contributed by atoms with Crippen molar-refractivity contribution in [3.63, 3.8) is 0 Å². The smallest absolute Gasteiger partial charge is 0.105 e. The number of methoxy groups -OCH3 is 1. The Labute approximate surface area is 67.8 Å². The van der Waals surface area contributed by atoms with Crippen LogP contribution in [0.1, 0.15) is 6.92 Å². The molecule has 0 fully saturated rings. The van der Waals surface area contributed by atoms with E-state index >= 15 is 0 Å². The first-order chi connectivity index (χ1) is 5.20. The van der Waals surface area contributed by atoms with Crippen LogP contribution >= 0.6 is 0 Å². The van der Waals surface area contributed by atoms with Crippen molar-refractivity contribution in [2.75, 3.05) is 33.4 Å². The molecule has 0 heterocycles. The molecule has 0 aliphatic heterocycles. The molecule has 0 aromatic rings. The van der Waals surface area contributed by atoms with Crippen LogP contribution in [0.3, 0.4) is 0 Å². The number of nitrogens with two attached hydrogens (primary N) is 1. The number of ether oxygens (including phenoxy) is 1. The van der Waals surface area contributed by atoms with Crippen molar-refractivity contribution in [2.24, 2.45) is 5.73 Å². The van der Waals surface area contributed by atoms with Gasteiger partial charge in [-0.2, -0.15) is 0 Å². The number of nitrogens with zero attached hydrogens (tertiary/aromatic N) is 1. The zero-order chi connectivity index (χ0) is 8.69. The van der Waals surface area contributed by atoms with Gasteiger partial charge in [0.25, 0.3) is 0 Å². The van der Waals surface area contributed by atoms with Gasteiger partial charge in [-0.1, -0.05) is 6.92 Å². The summed E-state index contributed by atoms with van der Waals surface area (Å²) >= 11 is 0. The predicted molar refractivity (Wildman–Crippen MR) is 45.9 cm³/mol. The fraction of sp³-hybridized carbons (Fsp3) is 0.857. The van der Waals surface area contributed by atoms with E-state index in [0.29, 0.717) is 13.2 Å². The highest BCUT2D eigenvalue weighted by molar-refractivity contribution is 5.78. The van der Waals surface area contributed by atoms with Gasteiger partial charge in [0.2, 0.25) is 0 Å². The average molecular weight is 159 g/mol.